The molecule has 0 saturated carbocycles. The number of anilines is 2. The predicted molar refractivity (Wildman–Crippen MR) is 77.1 cm³/mol. The van der Waals surface area contributed by atoms with E-state index in [0.717, 1.165) is 23.6 Å². The number of hydrogen-bond acceptors (Lipinski definition) is 2. The first-order valence-electron chi connectivity index (χ1n) is 6.73. The van der Waals surface area contributed by atoms with Crippen LogP contribution >= 0.6 is 0 Å². The molecule has 0 spiro atoms. The number of benzene rings is 2. The standard InChI is InChI=1S/C16H15F3N2/c17-16(18,19)14-3-1-2-4-15(14)21-8-7-11-5-6-13(20)9-12(11)10-21/h1-6,9H,7-8,10,20H2. The third kappa shape index (κ3) is 2.68. The first-order valence-corrected chi connectivity index (χ1v) is 6.73. The van der Waals surface area contributed by atoms with Crippen LogP contribution in [0, 0.1) is 0 Å². The van der Waals surface area contributed by atoms with Crippen LogP contribution in [-0.2, 0) is 19.1 Å². The molecule has 1 heterocycles. The van der Waals surface area contributed by atoms with Crippen LogP contribution in [0.25, 0.3) is 0 Å². The van der Waals surface area contributed by atoms with Crippen molar-refractivity contribution in [3.8, 4) is 0 Å². The Labute approximate surface area is 121 Å². The number of rotatable bonds is 1. The third-order valence-corrected chi connectivity index (χ3v) is 3.79. The molecular formula is C16H15F3N2. The van der Waals surface area contributed by atoms with Gasteiger partial charge in [0.1, 0.15) is 0 Å². The number of hydrogen-bond donors (Lipinski definition) is 1. The van der Waals surface area contributed by atoms with Gasteiger partial charge in [0.25, 0.3) is 0 Å². The van der Waals surface area contributed by atoms with E-state index in [4.69, 9.17) is 5.73 Å². The average molecular weight is 292 g/mol. The summed E-state index contributed by atoms with van der Waals surface area (Å²) in [5, 5.41) is 0. The van der Waals surface area contributed by atoms with Gasteiger partial charge in [0.2, 0.25) is 0 Å². The molecule has 0 amide bonds. The molecule has 1 aliphatic heterocycles. The van der Waals surface area contributed by atoms with E-state index in [1.807, 2.05) is 18.2 Å². The summed E-state index contributed by atoms with van der Waals surface area (Å²) in [6.45, 7) is 1.03. The second kappa shape index (κ2) is 4.98. The topological polar surface area (TPSA) is 29.3 Å². The predicted octanol–water partition coefficient (Wildman–Crippen LogP) is 3.85. The fourth-order valence-corrected chi connectivity index (χ4v) is 2.77. The number of para-hydroxylation sites is 1. The second-order valence-electron chi connectivity index (χ2n) is 5.21. The molecule has 21 heavy (non-hydrogen) atoms. The third-order valence-electron chi connectivity index (χ3n) is 3.79. The van der Waals surface area contributed by atoms with Gasteiger partial charge in [-0.1, -0.05) is 18.2 Å². The molecule has 5 heteroatoms. The highest BCUT2D eigenvalue weighted by atomic mass is 19.4. The van der Waals surface area contributed by atoms with Crippen LogP contribution in [0.5, 0.6) is 0 Å². The molecule has 0 atom stereocenters. The molecule has 0 fully saturated rings. The van der Waals surface area contributed by atoms with Crippen molar-refractivity contribution in [2.45, 2.75) is 19.1 Å². The molecule has 2 aromatic carbocycles. The quantitative estimate of drug-likeness (QED) is 0.809. The Morgan fingerprint density at radius 1 is 1.00 bits per heavy atom. The van der Waals surface area contributed by atoms with Crippen molar-refractivity contribution in [3.05, 3.63) is 59.2 Å². The lowest BCUT2D eigenvalue weighted by Gasteiger charge is -2.32. The summed E-state index contributed by atoms with van der Waals surface area (Å²) in [6, 6.07) is 11.3. The SMILES string of the molecule is Nc1ccc2c(c1)CN(c1ccccc1C(F)(F)F)CC2. The maximum atomic E-state index is 13.1. The molecular weight excluding hydrogens is 277 g/mol. The molecule has 0 unspecified atom stereocenters. The molecule has 0 radical (unpaired) electrons. The van der Waals surface area contributed by atoms with E-state index in [-0.39, 0.29) is 5.69 Å². The minimum atomic E-state index is -4.34. The maximum Gasteiger partial charge on any atom is 0.418 e. The zero-order valence-electron chi connectivity index (χ0n) is 11.3. The van der Waals surface area contributed by atoms with Crippen molar-refractivity contribution in [3.63, 3.8) is 0 Å². The second-order valence-corrected chi connectivity index (χ2v) is 5.21. The Morgan fingerprint density at radius 2 is 1.76 bits per heavy atom. The molecule has 2 aromatic rings. The summed E-state index contributed by atoms with van der Waals surface area (Å²) in [4.78, 5) is 1.77. The average Bonchev–Trinajstić information content (AvgIpc) is 2.45. The minimum Gasteiger partial charge on any atom is -0.399 e. The summed E-state index contributed by atoms with van der Waals surface area (Å²) >= 11 is 0. The van der Waals surface area contributed by atoms with Gasteiger partial charge in [-0.05, 0) is 41.8 Å². The highest BCUT2D eigenvalue weighted by Crippen LogP contribution is 2.38. The van der Waals surface area contributed by atoms with Crippen molar-refractivity contribution in [1.82, 2.24) is 0 Å². The lowest BCUT2D eigenvalue weighted by atomic mass is 9.98. The molecule has 0 aromatic heterocycles. The van der Waals surface area contributed by atoms with E-state index in [9.17, 15) is 13.2 Å². The lowest BCUT2D eigenvalue weighted by molar-refractivity contribution is -0.137. The Morgan fingerprint density at radius 3 is 2.52 bits per heavy atom. The zero-order valence-corrected chi connectivity index (χ0v) is 11.3. The van der Waals surface area contributed by atoms with E-state index in [0.29, 0.717) is 18.8 Å². The van der Waals surface area contributed by atoms with Gasteiger partial charge in [0.15, 0.2) is 0 Å². The largest absolute Gasteiger partial charge is 0.418 e. The molecule has 2 N–H and O–H groups in total. The number of halogens is 3. The number of fused-ring (bicyclic) bond motifs is 1. The molecule has 1 aliphatic rings. The van der Waals surface area contributed by atoms with Gasteiger partial charge in [-0.25, -0.2) is 0 Å². The van der Waals surface area contributed by atoms with Crippen molar-refractivity contribution in [1.29, 1.82) is 0 Å². The summed E-state index contributed by atoms with van der Waals surface area (Å²) < 4.78 is 39.4. The highest BCUT2D eigenvalue weighted by Gasteiger charge is 2.35. The monoisotopic (exact) mass is 292 g/mol. The number of nitrogen functional groups attached to an aromatic ring is 1. The van der Waals surface area contributed by atoms with Crippen molar-refractivity contribution in [2.24, 2.45) is 0 Å². The highest BCUT2D eigenvalue weighted by molar-refractivity contribution is 5.58. The van der Waals surface area contributed by atoms with Crippen molar-refractivity contribution >= 4 is 11.4 Å². The molecule has 0 aliphatic carbocycles. The molecule has 3 rings (SSSR count). The van der Waals surface area contributed by atoms with Gasteiger partial charge in [-0.2, -0.15) is 13.2 Å². The summed E-state index contributed by atoms with van der Waals surface area (Å²) in [6.07, 6.45) is -3.62. The van der Waals surface area contributed by atoms with Crippen LogP contribution in [0.15, 0.2) is 42.5 Å². The van der Waals surface area contributed by atoms with Crippen LogP contribution < -0.4 is 10.6 Å². The van der Waals surface area contributed by atoms with Gasteiger partial charge >= 0.3 is 6.18 Å². The van der Waals surface area contributed by atoms with Gasteiger partial charge in [0, 0.05) is 24.5 Å². The van der Waals surface area contributed by atoms with Crippen LogP contribution in [0.1, 0.15) is 16.7 Å². The Kier molecular flexibility index (Phi) is 3.27. The first kappa shape index (κ1) is 13.8. The van der Waals surface area contributed by atoms with Gasteiger partial charge < -0.3 is 10.6 Å². The van der Waals surface area contributed by atoms with Gasteiger partial charge in [-0.15, -0.1) is 0 Å². The van der Waals surface area contributed by atoms with E-state index in [1.54, 1.807) is 11.0 Å². The van der Waals surface area contributed by atoms with E-state index in [2.05, 4.69) is 0 Å². The smallest absolute Gasteiger partial charge is 0.399 e. The van der Waals surface area contributed by atoms with Gasteiger partial charge in [-0.3, -0.25) is 0 Å². The van der Waals surface area contributed by atoms with E-state index in [1.165, 1.54) is 12.1 Å². The van der Waals surface area contributed by atoms with Gasteiger partial charge in [0.05, 0.1) is 5.56 Å². The number of nitrogens with zero attached hydrogens (tertiary/aromatic N) is 1. The lowest BCUT2D eigenvalue weighted by Crippen LogP contribution is -2.32. The minimum absolute atomic E-state index is 0.234. The fraction of sp³-hybridized carbons (Fsp3) is 0.250. The Hall–Kier alpha value is -2.17. The van der Waals surface area contributed by atoms with E-state index < -0.39 is 11.7 Å². The molecule has 0 bridgehead atoms. The fourth-order valence-electron chi connectivity index (χ4n) is 2.77. The normalized spacial score (nSPS) is 14.9. The number of alkyl halides is 3. The van der Waals surface area contributed by atoms with Crippen LogP contribution in [0.3, 0.4) is 0 Å². The number of nitrogens with two attached hydrogens (primary N) is 1. The Balaban J connectivity index is 1.97. The van der Waals surface area contributed by atoms with Crippen molar-refractivity contribution < 1.29 is 13.2 Å². The van der Waals surface area contributed by atoms with Crippen LogP contribution in [0.2, 0.25) is 0 Å². The zero-order chi connectivity index (χ0) is 15.0. The summed E-state index contributed by atoms with van der Waals surface area (Å²) in [7, 11) is 0. The van der Waals surface area contributed by atoms with E-state index >= 15 is 0 Å². The van der Waals surface area contributed by atoms with Crippen LogP contribution in [-0.4, -0.2) is 6.54 Å². The molecule has 2 nitrogen and oxygen atoms in total. The summed E-state index contributed by atoms with van der Waals surface area (Å²) in [5.41, 5.74) is 8.21. The Bertz CT molecular complexity index is 665. The molecule has 110 valence electrons. The molecule has 0 saturated heterocycles. The first-order chi connectivity index (χ1) is 9.95. The van der Waals surface area contributed by atoms with Crippen LogP contribution in [0.4, 0.5) is 24.5 Å². The maximum absolute atomic E-state index is 13.1. The van der Waals surface area contributed by atoms with Crippen molar-refractivity contribution in [2.75, 3.05) is 17.2 Å². The summed E-state index contributed by atoms with van der Waals surface area (Å²) in [5.74, 6) is 0.